The van der Waals surface area contributed by atoms with Crippen LogP contribution in [0.5, 0.6) is 0 Å². The second-order valence-electron chi connectivity index (χ2n) is 12.1. The predicted octanol–water partition coefficient (Wildman–Crippen LogP) is 11.3. The highest BCUT2D eigenvalue weighted by molar-refractivity contribution is 6.10. The molecule has 0 N–H and O–H groups in total. The molecule has 49 heavy (non-hydrogen) atoms. The zero-order valence-electron chi connectivity index (χ0n) is 26.6. The van der Waals surface area contributed by atoms with Gasteiger partial charge >= 0.3 is 0 Å². The molecule has 0 spiro atoms. The van der Waals surface area contributed by atoms with Crippen LogP contribution in [0.25, 0.3) is 83.9 Å². The number of para-hydroxylation sites is 1. The molecular formula is C45H30N4. The summed E-state index contributed by atoms with van der Waals surface area (Å²) in [4.78, 5) is 14.7. The topological polar surface area (TPSA) is 43.6 Å². The normalized spacial score (nSPS) is 11.3. The second kappa shape index (κ2) is 12.2. The van der Waals surface area contributed by atoms with Crippen molar-refractivity contribution < 1.29 is 0 Å². The van der Waals surface area contributed by atoms with Gasteiger partial charge in [-0.1, -0.05) is 152 Å². The molecule has 4 heteroatoms. The third-order valence-electron chi connectivity index (χ3n) is 9.06. The van der Waals surface area contributed by atoms with E-state index in [1.165, 1.54) is 32.9 Å². The van der Waals surface area contributed by atoms with E-state index < -0.39 is 0 Å². The van der Waals surface area contributed by atoms with Crippen LogP contribution in [-0.2, 0) is 0 Å². The minimum atomic E-state index is 0.646. The summed E-state index contributed by atoms with van der Waals surface area (Å²) in [6.45, 7) is 0. The van der Waals surface area contributed by atoms with Gasteiger partial charge in [-0.2, -0.15) is 0 Å². The van der Waals surface area contributed by atoms with Crippen LogP contribution in [0, 0.1) is 0 Å². The molecule has 0 radical (unpaired) electrons. The number of benzene rings is 7. The Hall–Kier alpha value is -6.65. The van der Waals surface area contributed by atoms with E-state index in [-0.39, 0.29) is 0 Å². The Kier molecular flexibility index (Phi) is 7.10. The van der Waals surface area contributed by atoms with Crippen molar-refractivity contribution in [3.05, 3.63) is 182 Å². The number of rotatable bonds is 6. The summed E-state index contributed by atoms with van der Waals surface area (Å²) in [6.07, 6.45) is 0. The third kappa shape index (κ3) is 5.35. The quantitative estimate of drug-likeness (QED) is 0.184. The maximum Gasteiger partial charge on any atom is 0.164 e. The average molecular weight is 627 g/mol. The molecule has 0 saturated carbocycles. The Morgan fingerprint density at radius 3 is 1.35 bits per heavy atom. The zero-order valence-corrected chi connectivity index (χ0v) is 26.6. The molecule has 0 saturated heterocycles. The van der Waals surface area contributed by atoms with Gasteiger partial charge in [-0.15, -0.1) is 0 Å². The number of hydrogen-bond acceptors (Lipinski definition) is 3. The van der Waals surface area contributed by atoms with Gasteiger partial charge in [0.1, 0.15) is 0 Å². The lowest BCUT2D eigenvalue weighted by Gasteiger charge is -2.11. The second-order valence-corrected chi connectivity index (χ2v) is 12.1. The van der Waals surface area contributed by atoms with E-state index >= 15 is 0 Å². The van der Waals surface area contributed by atoms with Gasteiger partial charge in [-0.3, -0.25) is 0 Å². The minimum absolute atomic E-state index is 0.646. The van der Waals surface area contributed by atoms with Gasteiger partial charge in [-0.05, 0) is 52.6 Å². The first kappa shape index (κ1) is 28.6. The van der Waals surface area contributed by atoms with Crippen LogP contribution in [0.2, 0.25) is 0 Å². The Bertz CT molecular complexity index is 2520. The summed E-state index contributed by atoms with van der Waals surface area (Å²) < 4.78 is 2.37. The van der Waals surface area contributed by atoms with Crippen molar-refractivity contribution in [3.8, 4) is 62.1 Å². The zero-order chi connectivity index (χ0) is 32.6. The van der Waals surface area contributed by atoms with Crippen LogP contribution >= 0.6 is 0 Å². The molecule has 0 atom stereocenters. The highest BCUT2D eigenvalue weighted by Gasteiger charge is 2.15. The van der Waals surface area contributed by atoms with Crippen LogP contribution in [0.3, 0.4) is 0 Å². The molecular weight excluding hydrogens is 597 g/mol. The lowest BCUT2D eigenvalue weighted by atomic mass is 10.0. The Balaban J connectivity index is 1.10. The fourth-order valence-electron chi connectivity index (χ4n) is 6.64. The molecule has 0 aliphatic heterocycles. The van der Waals surface area contributed by atoms with E-state index in [2.05, 4.69) is 126 Å². The van der Waals surface area contributed by atoms with Crippen molar-refractivity contribution in [2.75, 3.05) is 0 Å². The first-order chi connectivity index (χ1) is 24.3. The van der Waals surface area contributed by atoms with Crippen LogP contribution in [-0.4, -0.2) is 19.5 Å². The first-order valence-electron chi connectivity index (χ1n) is 16.5. The van der Waals surface area contributed by atoms with E-state index in [9.17, 15) is 0 Å². The summed E-state index contributed by atoms with van der Waals surface area (Å²) in [7, 11) is 0. The SMILES string of the molecule is c1ccc(-c2ccc3c(c2)c2ccccc2n3-c2cccc(-c3ccc(-c4nc(-c5ccccc5)nc(-c5ccccc5)n4)cc3)c2)cc1. The molecule has 0 unspecified atom stereocenters. The van der Waals surface area contributed by atoms with E-state index in [0.29, 0.717) is 17.5 Å². The molecule has 7 aromatic carbocycles. The highest BCUT2D eigenvalue weighted by atomic mass is 15.0. The van der Waals surface area contributed by atoms with Crippen molar-refractivity contribution in [3.63, 3.8) is 0 Å². The lowest BCUT2D eigenvalue weighted by Crippen LogP contribution is -2.00. The molecule has 230 valence electrons. The molecule has 0 aliphatic carbocycles. The number of aromatic nitrogens is 4. The number of fused-ring (bicyclic) bond motifs is 3. The molecule has 0 amide bonds. The smallest absolute Gasteiger partial charge is 0.164 e. The lowest BCUT2D eigenvalue weighted by molar-refractivity contribution is 1.07. The molecule has 2 aromatic heterocycles. The van der Waals surface area contributed by atoms with Gasteiger partial charge in [-0.25, -0.2) is 15.0 Å². The molecule has 9 rings (SSSR count). The standard InChI is InChI=1S/C45H30N4/c1-4-13-31(14-5-1)37-27-28-42-40(30-37)39-21-10-11-22-41(39)49(42)38-20-12-19-36(29-38)32-23-25-35(26-24-32)45-47-43(33-15-6-2-7-16-33)46-44(48-45)34-17-8-3-9-18-34/h1-30H. The monoisotopic (exact) mass is 626 g/mol. The van der Waals surface area contributed by atoms with Gasteiger partial charge in [0, 0.05) is 33.2 Å². The van der Waals surface area contributed by atoms with E-state index in [4.69, 9.17) is 15.0 Å². The maximum absolute atomic E-state index is 4.91. The first-order valence-corrected chi connectivity index (χ1v) is 16.5. The Morgan fingerprint density at radius 2 is 0.714 bits per heavy atom. The summed E-state index contributed by atoms with van der Waals surface area (Å²) in [5, 5.41) is 2.49. The van der Waals surface area contributed by atoms with Crippen LogP contribution in [0.15, 0.2) is 182 Å². The third-order valence-corrected chi connectivity index (χ3v) is 9.06. The fourth-order valence-corrected chi connectivity index (χ4v) is 6.64. The van der Waals surface area contributed by atoms with Crippen LogP contribution in [0.1, 0.15) is 0 Å². The molecule has 0 fully saturated rings. The predicted molar refractivity (Wildman–Crippen MR) is 201 cm³/mol. The van der Waals surface area contributed by atoms with Crippen molar-refractivity contribution in [2.45, 2.75) is 0 Å². The number of hydrogen-bond donors (Lipinski definition) is 0. The maximum atomic E-state index is 4.91. The van der Waals surface area contributed by atoms with E-state index in [1.54, 1.807) is 0 Å². The van der Waals surface area contributed by atoms with Crippen LogP contribution < -0.4 is 0 Å². The molecule has 9 aromatic rings. The minimum Gasteiger partial charge on any atom is -0.309 e. The summed E-state index contributed by atoms with van der Waals surface area (Å²) in [5.41, 5.74) is 11.0. The number of nitrogens with zero attached hydrogens (tertiary/aromatic N) is 4. The van der Waals surface area contributed by atoms with Gasteiger partial charge in [0.25, 0.3) is 0 Å². The van der Waals surface area contributed by atoms with E-state index in [0.717, 1.165) is 33.5 Å². The van der Waals surface area contributed by atoms with Crippen molar-refractivity contribution in [2.24, 2.45) is 0 Å². The molecule has 0 aliphatic rings. The summed E-state index contributed by atoms with van der Waals surface area (Å²) in [6, 6.07) is 63.5. The average Bonchev–Trinajstić information content (AvgIpc) is 3.52. The van der Waals surface area contributed by atoms with Gasteiger partial charge in [0.05, 0.1) is 11.0 Å². The van der Waals surface area contributed by atoms with Crippen molar-refractivity contribution in [1.29, 1.82) is 0 Å². The fraction of sp³-hybridized carbons (Fsp3) is 0. The van der Waals surface area contributed by atoms with Gasteiger partial charge < -0.3 is 4.57 Å². The van der Waals surface area contributed by atoms with Crippen molar-refractivity contribution in [1.82, 2.24) is 19.5 Å². The van der Waals surface area contributed by atoms with Gasteiger partial charge in [0.2, 0.25) is 0 Å². The van der Waals surface area contributed by atoms with Crippen LogP contribution in [0.4, 0.5) is 0 Å². The molecule has 0 bridgehead atoms. The molecule has 2 heterocycles. The van der Waals surface area contributed by atoms with E-state index in [1.807, 2.05) is 60.7 Å². The summed E-state index contributed by atoms with van der Waals surface area (Å²) >= 11 is 0. The summed E-state index contributed by atoms with van der Waals surface area (Å²) in [5.74, 6) is 1.96. The molecule has 4 nitrogen and oxygen atoms in total. The van der Waals surface area contributed by atoms with Crippen molar-refractivity contribution >= 4 is 21.8 Å². The highest BCUT2D eigenvalue weighted by Crippen LogP contribution is 2.36. The largest absolute Gasteiger partial charge is 0.309 e. The Labute approximate surface area is 284 Å². The van der Waals surface area contributed by atoms with Gasteiger partial charge in [0.15, 0.2) is 17.5 Å². The Morgan fingerprint density at radius 1 is 0.286 bits per heavy atom.